The van der Waals surface area contributed by atoms with Crippen LogP contribution in [-0.2, 0) is 11.2 Å². The van der Waals surface area contributed by atoms with Gasteiger partial charge in [0.25, 0.3) is 0 Å². The van der Waals surface area contributed by atoms with Crippen molar-refractivity contribution in [1.82, 2.24) is 4.90 Å². The third kappa shape index (κ3) is 3.88. The van der Waals surface area contributed by atoms with Crippen LogP contribution in [0, 0.1) is 5.92 Å². The Kier molecular flexibility index (Phi) is 4.95. The molecule has 0 saturated carbocycles. The summed E-state index contributed by atoms with van der Waals surface area (Å²) in [4.78, 5) is 27.3. The second-order valence-corrected chi connectivity index (χ2v) is 8.34. The second-order valence-electron chi connectivity index (χ2n) is 7.23. The van der Waals surface area contributed by atoms with Crippen molar-refractivity contribution in [2.75, 3.05) is 6.54 Å². The fourth-order valence-electron chi connectivity index (χ4n) is 2.76. The van der Waals surface area contributed by atoms with Crippen molar-refractivity contribution in [2.45, 2.75) is 59.1 Å². The Morgan fingerprint density at radius 2 is 2.18 bits per heavy atom. The molecule has 0 radical (unpaired) electrons. The normalized spacial score (nSPS) is 18.3. The first-order valence-electron chi connectivity index (χ1n) is 7.78. The fraction of sp³-hybridized carbons (Fsp3) is 0.647. The summed E-state index contributed by atoms with van der Waals surface area (Å²) < 4.78 is 5.56. The third-order valence-electron chi connectivity index (χ3n) is 3.60. The number of thiophene rings is 1. The molecule has 1 amide bonds. The summed E-state index contributed by atoms with van der Waals surface area (Å²) in [6.45, 7) is 10.6. The Hall–Kier alpha value is -1.36. The Labute approximate surface area is 136 Å². The highest BCUT2D eigenvalue weighted by Gasteiger charge is 2.35. The lowest BCUT2D eigenvalue weighted by molar-refractivity contribution is 0.0125. The average Bonchev–Trinajstić information content (AvgIpc) is 2.79. The highest BCUT2D eigenvalue weighted by Crippen LogP contribution is 2.39. The molecule has 0 N–H and O–H groups in total. The Balaban J connectivity index is 2.30. The number of carbonyl (C=O) groups excluding carboxylic acids is 2. The van der Waals surface area contributed by atoms with Crippen LogP contribution in [0.5, 0.6) is 0 Å². The lowest BCUT2D eigenvalue weighted by Crippen LogP contribution is -2.43. The molecule has 1 aromatic rings. The number of hydrogen-bond acceptors (Lipinski definition) is 4. The number of amides is 1. The maximum atomic E-state index is 12.5. The van der Waals surface area contributed by atoms with Gasteiger partial charge < -0.3 is 4.74 Å². The van der Waals surface area contributed by atoms with Gasteiger partial charge in [-0.1, -0.05) is 13.8 Å². The quantitative estimate of drug-likeness (QED) is 0.773. The van der Waals surface area contributed by atoms with E-state index in [9.17, 15) is 9.59 Å². The standard InChI is InChI=1S/C17H25NO3S/c1-11(2)8-14-15-12(9-13(10-19)22-15)6-7-18(14)16(20)21-17(3,4)5/h9-11,14H,6-8H2,1-5H3. The minimum Gasteiger partial charge on any atom is -0.444 e. The molecule has 1 atom stereocenters. The summed E-state index contributed by atoms with van der Waals surface area (Å²) in [6.07, 6.45) is 2.30. The van der Waals surface area contributed by atoms with Crippen molar-refractivity contribution in [2.24, 2.45) is 5.92 Å². The largest absolute Gasteiger partial charge is 0.444 e. The minimum atomic E-state index is -0.497. The summed E-state index contributed by atoms with van der Waals surface area (Å²) in [5.41, 5.74) is 0.709. The number of aldehydes is 1. The van der Waals surface area contributed by atoms with Gasteiger partial charge in [-0.25, -0.2) is 4.79 Å². The molecule has 0 aliphatic carbocycles. The molecule has 22 heavy (non-hydrogen) atoms. The minimum absolute atomic E-state index is 0.0114. The van der Waals surface area contributed by atoms with Gasteiger partial charge in [0.15, 0.2) is 6.29 Å². The van der Waals surface area contributed by atoms with E-state index in [1.807, 2.05) is 31.7 Å². The molecular formula is C17H25NO3S. The van der Waals surface area contributed by atoms with Crippen LogP contribution in [0.15, 0.2) is 6.07 Å². The van der Waals surface area contributed by atoms with E-state index in [1.165, 1.54) is 16.9 Å². The number of fused-ring (bicyclic) bond motifs is 1. The first kappa shape index (κ1) is 17.0. The van der Waals surface area contributed by atoms with Crippen LogP contribution < -0.4 is 0 Å². The molecule has 5 heteroatoms. The molecule has 2 heterocycles. The fourth-order valence-corrected chi connectivity index (χ4v) is 3.91. The average molecular weight is 323 g/mol. The van der Waals surface area contributed by atoms with Gasteiger partial charge in [-0.3, -0.25) is 9.69 Å². The number of carbonyl (C=O) groups is 2. The molecule has 1 aromatic heterocycles. The van der Waals surface area contributed by atoms with E-state index in [0.29, 0.717) is 12.5 Å². The highest BCUT2D eigenvalue weighted by atomic mass is 32.1. The number of rotatable bonds is 3. The monoisotopic (exact) mass is 323 g/mol. The smallest absolute Gasteiger partial charge is 0.410 e. The zero-order chi connectivity index (χ0) is 16.5. The first-order valence-corrected chi connectivity index (χ1v) is 8.60. The van der Waals surface area contributed by atoms with E-state index in [4.69, 9.17) is 4.74 Å². The molecular weight excluding hydrogens is 298 g/mol. The Morgan fingerprint density at radius 3 is 2.73 bits per heavy atom. The van der Waals surface area contributed by atoms with E-state index >= 15 is 0 Å². The van der Waals surface area contributed by atoms with Crippen molar-refractivity contribution in [3.8, 4) is 0 Å². The van der Waals surface area contributed by atoms with Crippen molar-refractivity contribution in [3.05, 3.63) is 21.4 Å². The van der Waals surface area contributed by atoms with Crippen LogP contribution in [0.1, 0.15) is 67.2 Å². The second kappa shape index (κ2) is 6.41. The summed E-state index contributed by atoms with van der Waals surface area (Å²) in [5.74, 6) is 0.461. The van der Waals surface area contributed by atoms with Gasteiger partial charge in [-0.05, 0) is 51.2 Å². The predicted octanol–water partition coefficient (Wildman–Crippen LogP) is 4.44. The van der Waals surface area contributed by atoms with E-state index < -0.39 is 5.60 Å². The van der Waals surface area contributed by atoms with Crippen molar-refractivity contribution < 1.29 is 14.3 Å². The summed E-state index contributed by atoms with van der Waals surface area (Å²) in [7, 11) is 0. The molecule has 4 nitrogen and oxygen atoms in total. The Morgan fingerprint density at radius 1 is 1.50 bits per heavy atom. The highest BCUT2D eigenvalue weighted by molar-refractivity contribution is 7.13. The van der Waals surface area contributed by atoms with Crippen molar-refractivity contribution in [3.63, 3.8) is 0 Å². The van der Waals surface area contributed by atoms with Crippen molar-refractivity contribution >= 4 is 23.7 Å². The summed E-state index contributed by atoms with van der Waals surface area (Å²) in [5, 5.41) is 0. The van der Waals surface area contributed by atoms with E-state index in [0.717, 1.165) is 28.9 Å². The molecule has 1 aliphatic rings. The molecule has 0 spiro atoms. The lowest BCUT2D eigenvalue weighted by atomic mass is 9.94. The number of hydrogen-bond donors (Lipinski definition) is 0. The van der Waals surface area contributed by atoms with E-state index in [-0.39, 0.29) is 12.1 Å². The third-order valence-corrected chi connectivity index (χ3v) is 4.80. The molecule has 0 fully saturated rings. The summed E-state index contributed by atoms with van der Waals surface area (Å²) in [6, 6.07) is 1.98. The molecule has 0 saturated heterocycles. The van der Waals surface area contributed by atoms with E-state index in [1.54, 1.807) is 0 Å². The van der Waals surface area contributed by atoms with Gasteiger partial charge in [0.05, 0.1) is 10.9 Å². The zero-order valence-electron chi connectivity index (χ0n) is 14.0. The van der Waals surface area contributed by atoms with Crippen molar-refractivity contribution in [1.29, 1.82) is 0 Å². The molecule has 1 aliphatic heterocycles. The van der Waals surface area contributed by atoms with E-state index in [2.05, 4.69) is 13.8 Å². The van der Waals surface area contributed by atoms with Gasteiger partial charge in [0.2, 0.25) is 0 Å². The molecule has 122 valence electrons. The van der Waals surface area contributed by atoms with Crippen LogP contribution in [-0.4, -0.2) is 29.4 Å². The summed E-state index contributed by atoms with van der Waals surface area (Å²) >= 11 is 1.51. The van der Waals surface area contributed by atoms with Gasteiger partial charge in [0, 0.05) is 11.4 Å². The topological polar surface area (TPSA) is 46.6 Å². The SMILES string of the molecule is CC(C)CC1c2sc(C=O)cc2CCN1C(=O)OC(C)(C)C. The zero-order valence-corrected chi connectivity index (χ0v) is 14.8. The van der Waals surface area contributed by atoms with Crippen LogP contribution in [0.4, 0.5) is 4.79 Å². The number of nitrogens with zero attached hydrogens (tertiary/aromatic N) is 1. The predicted molar refractivity (Wildman–Crippen MR) is 88.5 cm³/mol. The van der Waals surface area contributed by atoms with Crippen LogP contribution in [0.2, 0.25) is 0 Å². The number of ether oxygens (including phenoxy) is 1. The first-order chi connectivity index (χ1) is 10.2. The maximum absolute atomic E-state index is 12.5. The van der Waals surface area contributed by atoms with Crippen LogP contribution in [0.25, 0.3) is 0 Å². The Bertz CT molecular complexity index is 557. The van der Waals surface area contributed by atoms with Gasteiger partial charge in [0.1, 0.15) is 5.60 Å². The molecule has 0 bridgehead atoms. The van der Waals surface area contributed by atoms with Crippen LogP contribution >= 0.6 is 11.3 Å². The van der Waals surface area contributed by atoms with Crippen LogP contribution in [0.3, 0.4) is 0 Å². The van der Waals surface area contributed by atoms with Gasteiger partial charge in [-0.2, -0.15) is 0 Å². The molecule has 2 rings (SSSR count). The maximum Gasteiger partial charge on any atom is 0.410 e. The molecule has 1 unspecified atom stereocenters. The van der Waals surface area contributed by atoms with Gasteiger partial charge >= 0.3 is 6.09 Å². The molecule has 0 aromatic carbocycles. The lowest BCUT2D eigenvalue weighted by Gasteiger charge is -2.37. The van der Waals surface area contributed by atoms with Gasteiger partial charge in [-0.15, -0.1) is 11.3 Å².